The van der Waals surface area contributed by atoms with Gasteiger partial charge in [-0.1, -0.05) is 32.4 Å². The molecule has 6 nitrogen and oxygen atoms in total. The minimum absolute atomic E-state index is 0.0877. The van der Waals surface area contributed by atoms with E-state index in [1.165, 1.54) is 12.5 Å². The molecule has 0 spiro atoms. The van der Waals surface area contributed by atoms with Gasteiger partial charge in [-0.2, -0.15) is 0 Å². The van der Waals surface area contributed by atoms with Crippen molar-refractivity contribution in [1.29, 1.82) is 0 Å². The molecule has 0 aromatic rings. The van der Waals surface area contributed by atoms with E-state index < -0.39 is 18.2 Å². The van der Waals surface area contributed by atoms with Gasteiger partial charge in [-0.05, 0) is 80.3 Å². The van der Waals surface area contributed by atoms with Crippen molar-refractivity contribution in [3.8, 4) is 0 Å². The van der Waals surface area contributed by atoms with E-state index in [-0.39, 0.29) is 34.9 Å². The number of esters is 1. The number of hydrogen-bond donors (Lipinski definition) is 2. The Balaban J connectivity index is 1.51. The third-order valence-corrected chi connectivity index (χ3v) is 9.36. The number of aliphatic hydroxyl groups is 2. The Hall–Kier alpha value is -1.79. The number of fused-ring (bicyclic) bond motifs is 5. The standard InChI is InChI=1S/C26H36O6/c1-15-11-17-18-5-6-20(22(29)13-32-23(30)26(4,31)14-27)24(18,2)10-8-19(17)25(3)9-7-16(28)12-21(15)25/h7,9,12,15,17-20,27,31H,5-6,8,10-11,13-14H2,1-4H3/t15-,17-,18-,19-,20+,24-,25+,26?/m0/s1. The first kappa shape index (κ1) is 23.4. The van der Waals surface area contributed by atoms with E-state index in [9.17, 15) is 19.5 Å². The van der Waals surface area contributed by atoms with Crippen LogP contribution in [0.4, 0.5) is 0 Å². The van der Waals surface area contributed by atoms with Gasteiger partial charge >= 0.3 is 5.97 Å². The number of rotatable bonds is 5. The van der Waals surface area contributed by atoms with Crippen molar-refractivity contribution in [3.05, 3.63) is 23.8 Å². The summed E-state index contributed by atoms with van der Waals surface area (Å²) in [5.41, 5.74) is -0.946. The number of aliphatic hydroxyl groups excluding tert-OH is 1. The van der Waals surface area contributed by atoms with Crippen LogP contribution < -0.4 is 0 Å². The van der Waals surface area contributed by atoms with Gasteiger partial charge in [0.25, 0.3) is 0 Å². The minimum Gasteiger partial charge on any atom is -0.455 e. The maximum Gasteiger partial charge on any atom is 0.340 e. The Morgan fingerprint density at radius 3 is 2.62 bits per heavy atom. The van der Waals surface area contributed by atoms with Crippen LogP contribution in [0.3, 0.4) is 0 Å². The predicted molar refractivity (Wildman–Crippen MR) is 118 cm³/mol. The predicted octanol–water partition coefficient (Wildman–Crippen LogP) is 3.01. The van der Waals surface area contributed by atoms with Crippen molar-refractivity contribution in [3.63, 3.8) is 0 Å². The molecular weight excluding hydrogens is 408 g/mol. The van der Waals surface area contributed by atoms with E-state index >= 15 is 0 Å². The largest absolute Gasteiger partial charge is 0.455 e. The van der Waals surface area contributed by atoms with Crippen LogP contribution in [0.5, 0.6) is 0 Å². The molecule has 0 aliphatic heterocycles. The fourth-order valence-electron chi connectivity index (χ4n) is 7.60. The molecule has 0 aromatic heterocycles. The van der Waals surface area contributed by atoms with Gasteiger partial charge in [0, 0.05) is 11.3 Å². The number of ketones is 2. The third kappa shape index (κ3) is 3.50. The molecular formula is C26H36O6. The number of carbonyl (C=O) groups is 3. The fraction of sp³-hybridized carbons (Fsp3) is 0.731. The summed E-state index contributed by atoms with van der Waals surface area (Å²) in [5.74, 6) is 0.608. The molecule has 2 N–H and O–H groups in total. The van der Waals surface area contributed by atoms with Gasteiger partial charge in [0.05, 0.1) is 6.61 Å². The number of Topliss-reactive ketones (excluding diaryl/α,β-unsaturated/α-hetero) is 1. The van der Waals surface area contributed by atoms with E-state index in [2.05, 4.69) is 26.8 Å². The molecule has 4 rings (SSSR count). The minimum atomic E-state index is -1.99. The van der Waals surface area contributed by atoms with Crippen molar-refractivity contribution >= 4 is 17.5 Å². The van der Waals surface area contributed by atoms with Crippen LogP contribution in [0.25, 0.3) is 0 Å². The van der Waals surface area contributed by atoms with Crippen LogP contribution >= 0.6 is 0 Å². The summed E-state index contributed by atoms with van der Waals surface area (Å²) >= 11 is 0. The van der Waals surface area contributed by atoms with Gasteiger partial charge in [-0.25, -0.2) is 4.79 Å². The highest BCUT2D eigenvalue weighted by Crippen LogP contribution is 2.66. The highest BCUT2D eigenvalue weighted by atomic mass is 16.6. The van der Waals surface area contributed by atoms with E-state index in [1.54, 1.807) is 6.08 Å². The molecule has 0 bridgehead atoms. The first-order valence-corrected chi connectivity index (χ1v) is 11.9. The van der Waals surface area contributed by atoms with Crippen LogP contribution in [0.2, 0.25) is 0 Å². The summed E-state index contributed by atoms with van der Waals surface area (Å²) in [5, 5.41) is 19.0. The zero-order valence-electron chi connectivity index (χ0n) is 19.6. The van der Waals surface area contributed by atoms with Crippen LogP contribution in [-0.2, 0) is 19.1 Å². The highest BCUT2D eigenvalue weighted by molar-refractivity contribution is 6.01. The molecule has 4 aliphatic carbocycles. The third-order valence-electron chi connectivity index (χ3n) is 9.36. The lowest BCUT2D eigenvalue weighted by Gasteiger charge is -2.58. The maximum absolute atomic E-state index is 13.1. The molecule has 0 saturated heterocycles. The van der Waals surface area contributed by atoms with Gasteiger partial charge in [-0.15, -0.1) is 0 Å². The van der Waals surface area contributed by atoms with Gasteiger partial charge < -0.3 is 14.9 Å². The summed E-state index contributed by atoms with van der Waals surface area (Å²) in [6.07, 6.45) is 10.5. The molecule has 3 saturated carbocycles. The van der Waals surface area contributed by atoms with Crippen molar-refractivity contribution < 1.29 is 29.3 Å². The molecule has 0 amide bonds. The van der Waals surface area contributed by atoms with E-state index in [0.717, 1.165) is 32.1 Å². The van der Waals surface area contributed by atoms with Crippen LogP contribution in [0.1, 0.15) is 59.8 Å². The summed E-state index contributed by atoms with van der Waals surface area (Å²) < 4.78 is 5.07. The van der Waals surface area contributed by atoms with Crippen molar-refractivity contribution in [2.24, 2.45) is 40.4 Å². The quantitative estimate of drug-likeness (QED) is 0.632. The zero-order valence-corrected chi connectivity index (χ0v) is 19.6. The molecule has 4 aliphatic rings. The average Bonchev–Trinajstić information content (AvgIpc) is 3.10. The molecule has 3 fully saturated rings. The van der Waals surface area contributed by atoms with Crippen molar-refractivity contribution in [2.45, 2.75) is 65.4 Å². The normalized spacial score (nSPS) is 42.2. The van der Waals surface area contributed by atoms with Gasteiger partial charge in [-0.3, -0.25) is 9.59 Å². The second-order valence-corrected chi connectivity index (χ2v) is 11.3. The smallest absolute Gasteiger partial charge is 0.340 e. The Morgan fingerprint density at radius 1 is 1.22 bits per heavy atom. The second-order valence-electron chi connectivity index (χ2n) is 11.3. The SMILES string of the molecule is C[C@H]1C[C@H]2[C@@H]3CC[C@H](C(=O)COC(=O)C(C)(O)CO)[C@@]3(C)CC[C@@H]2[C@@]2(C)C=CC(=O)C=C12. The molecule has 0 radical (unpaired) electrons. The fourth-order valence-corrected chi connectivity index (χ4v) is 7.60. The Kier molecular flexibility index (Phi) is 5.78. The zero-order chi connectivity index (χ0) is 23.5. The van der Waals surface area contributed by atoms with Gasteiger partial charge in [0.1, 0.15) is 6.61 Å². The molecule has 176 valence electrons. The molecule has 0 heterocycles. The highest BCUT2D eigenvalue weighted by Gasteiger charge is 2.60. The molecule has 6 heteroatoms. The summed E-state index contributed by atoms with van der Waals surface area (Å²) in [6, 6.07) is 0. The summed E-state index contributed by atoms with van der Waals surface area (Å²) in [7, 11) is 0. The Labute approximate surface area is 190 Å². The van der Waals surface area contributed by atoms with Gasteiger partial charge in [0.2, 0.25) is 0 Å². The average molecular weight is 445 g/mol. The number of allylic oxidation sites excluding steroid dienone is 4. The first-order valence-electron chi connectivity index (χ1n) is 11.9. The van der Waals surface area contributed by atoms with E-state index in [0.29, 0.717) is 23.7 Å². The lowest BCUT2D eigenvalue weighted by atomic mass is 9.46. The molecule has 32 heavy (non-hydrogen) atoms. The number of carbonyl (C=O) groups excluding carboxylic acids is 3. The monoisotopic (exact) mass is 444 g/mol. The lowest BCUT2D eigenvalue weighted by molar-refractivity contribution is -0.170. The molecule has 1 unspecified atom stereocenters. The Morgan fingerprint density at radius 2 is 1.94 bits per heavy atom. The van der Waals surface area contributed by atoms with Gasteiger partial charge in [0.15, 0.2) is 17.2 Å². The van der Waals surface area contributed by atoms with E-state index in [4.69, 9.17) is 9.84 Å². The molecule has 0 aromatic carbocycles. The maximum atomic E-state index is 13.1. The van der Waals surface area contributed by atoms with Crippen LogP contribution in [0.15, 0.2) is 23.8 Å². The topological polar surface area (TPSA) is 101 Å². The van der Waals surface area contributed by atoms with Crippen molar-refractivity contribution in [2.75, 3.05) is 13.2 Å². The van der Waals surface area contributed by atoms with Crippen LogP contribution in [0, 0.1) is 40.4 Å². The number of ether oxygens (including phenoxy) is 1. The first-order chi connectivity index (χ1) is 14.9. The summed E-state index contributed by atoms with van der Waals surface area (Å²) in [6.45, 7) is 6.80. The Bertz CT molecular complexity index is 885. The second kappa shape index (κ2) is 7.91. The lowest BCUT2D eigenvalue weighted by Crippen LogP contribution is -2.52. The molecule has 8 atom stereocenters. The van der Waals surface area contributed by atoms with E-state index in [1.807, 2.05) is 6.08 Å². The van der Waals surface area contributed by atoms with Crippen molar-refractivity contribution in [1.82, 2.24) is 0 Å². The number of hydrogen-bond acceptors (Lipinski definition) is 6. The summed E-state index contributed by atoms with van der Waals surface area (Å²) in [4.78, 5) is 37.1. The van der Waals surface area contributed by atoms with Crippen LogP contribution in [-0.4, -0.2) is 46.6 Å².